The molecule has 2 aromatic rings. The molecule has 1 aromatic carbocycles. The molecule has 5 nitrogen and oxygen atoms in total. The SMILES string of the molecule is CNC1CCCN(C(=O)c2cncn2-c2ccc(F)cc2)C1. The third-order valence-corrected chi connectivity index (χ3v) is 4.08. The molecule has 0 bridgehead atoms. The van der Waals surface area contributed by atoms with Crippen molar-refractivity contribution in [2.24, 2.45) is 0 Å². The fraction of sp³-hybridized carbons (Fsp3) is 0.375. The molecule has 1 fully saturated rings. The quantitative estimate of drug-likeness (QED) is 0.941. The number of hydrogen-bond acceptors (Lipinski definition) is 3. The lowest BCUT2D eigenvalue weighted by Crippen LogP contribution is -2.47. The van der Waals surface area contributed by atoms with Gasteiger partial charge in [0.15, 0.2) is 0 Å². The van der Waals surface area contributed by atoms with Gasteiger partial charge in [-0.05, 0) is 44.2 Å². The Bertz CT molecular complexity index is 652. The van der Waals surface area contributed by atoms with E-state index in [0.717, 1.165) is 25.1 Å². The zero-order chi connectivity index (χ0) is 15.5. The van der Waals surface area contributed by atoms with Crippen LogP contribution in [0.15, 0.2) is 36.8 Å². The first-order chi connectivity index (χ1) is 10.7. The highest BCUT2D eigenvalue weighted by Gasteiger charge is 2.25. The van der Waals surface area contributed by atoms with Gasteiger partial charge in [0.1, 0.15) is 11.5 Å². The highest BCUT2D eigenvalue weighted by atomic mass is 19.1. The molecule has 1 unspecified atom stereocenters. The molecule has 0 radical (unpaired) electrons. The van der Waals surface area contributed by atoms with Gasteiger partial charge in [0.2, 0.25) is 0 Å². The third kappa shape index (κ3) is 2.87. The van der Waals surface area contributed by atoms with Crippen LogP contribution in [-0.4, -0.2) is 46.5 Å². The van der Waals surface area contributed by atoms with Crippen LogP contribution in [0.25, 0.3) is 5.69 Å². The van der Waals surface area contributed by atoms with E-state index >= 15 is 0 Å². The third-order valence-electron chi connectivity index (χ3n) is 4.08. The Labute approximate surface area is 128 Å². The average Bonchev–Trinajstić information content (AvgIpc) is 3.04. The zero-order valence-electron chi connectivity index (χ0n) is 12.5. The summed E-state index contributed by atoms with van der Waals surface area (Å²) >= 11 is 0. The van der Waals surface area contributed by atoms with E-state index in [0.29, 0.717) is 18.3 Å². The molecular formula is C16H19FN4O. The molecule has 1 amide bonds. The lowest BCUT2D eigenvalue weighted by molar-refractivity contribution is 0.0690. The number of amides is 1. The highest BCUT2D eigenvalue weighted by molar-refractivity contribution is 5.93. The molecule has 1 aromatic heterocycles. The minimum Gasteiger partial charge on any atom is -0.336 e. The fourth-order valence-corrected chi connectivity index (χ4v) is 2.82. The van der Waals surface area contributed by atoms with E-state index in [4.69, 9.17) is 0 Å². The molecule has 22 heavy (non-hydrogen) atoms. The van der Waals surface area contributed by atoms with Crippen molar-refractivity contribution in [1.29, 1.82) is 0 Å². The van der Waals surface area contributed by atoms with Crippen molar-refractivity contribution in [3.05, 3.63) is 48.3 Å². The van der Waals surface area contributed by atoms with Crippen LogP contribution < -0.4 is 5.32 Å². The van der Waals surface area contributed by atoms with Crippen LogP contribution in [0.2, 0.25) is 0 Å². The van der Waals surface area contributed by atoms with Gasteiger partial charge in [0.05, 0.1) is 12.5 Å². The highest BCUT2D eigenvalue weighted by Crippen LogP contribution is 2.17. The van der Waals surface area contributed by atoms with Crippen LogP contribution in [0.5, 0.6) is 0 Å². The largest absolute Gasteiger partial charge is 0.336 e. The van der Waals surface area contributed by atoms with E-state index in [9.17, 15) is 9.18 Å². The standard InChI is InChI=1S/C16H19FN4O/c1-18-13-3-2-8-20(10-13)16(22)15-9-19-11-21(15)14-6-4-12(17)5-7-14/h4-7,9,11,13,18H,2-3,8,10H2,1H3. The number of benzene rings is 1. The summed E-state index contributed by atoms with van der Waals surface area (Å²) < 4.78 is 14.8. The van der Waals surface area contributed by atoms with E-state index in [2.05, 4.69) is 10.3 Å². The zero-order valence-corrected chi connectivity index (χ0v) is 12.5. The maximum absolute atomic E-state index is 13.1. The van der Waals surface area contributed by atoms with E-state index in [1.807, 2.05) is 11.9 Å². The number of piperidine rings is 1. The first-order valence-electron chi connectivity index (χ1n) is 7.44. The van der Waals surface area contributed by atoms with E-state index < -0.39 is 0 Å². The summed E-state index contributed by atoms with van der Waals surface area (Å²) in [6.45, 7) is 1.45. The molecule has 1 saturated heterocycles. The summed E-state index contributed by atoms with van der Waals surface area (Å²) in [5, 5.41) is 3.23. The van der Waals surface area contributed by atoms with Gasteiger partial charge in [-0.15, -0.1) is 0 Å². The minimum absolute atomic E-state index is 0.0400. The van der Waals surface area contributed by atoms with Crippen LogP contribution >= 0.6 is 0 Å². The van der Waals surface area contributed by atoms with Crippen LogP contribution in [0.3, 0.4) is 0 Å². The second-order valence-electron chi connectivity index (χ2n) is 5.50. The fourth-order valence-electron chi connectivity index (χ4n) is 2.82. The maximum atomic E-state index is 13.1. The average molecular weight is 302 g/mol. The number of carbonyl (C=O) groups excluding carboxylic acids is 1. The molecular weight excluding hydrogens is 283 g/mol. The Morgan fingerprint density at radius 3 is 2.86 bits per heavy atom. The topological polar surface area (TPSA) is 50.2 Å². The normalized spacial score (nSPS) is 18.5. The molecule has 2 heterocycles. The van der Waals surface area contributed by atoms with E-state index in [1.54, 1.807) is 29.2 Å². The molecule has 116 valence electrons. The Morgan fingerprint density at radius 2 is 2.14 bits per heavy atom. The molecule has 1 N–H and O–H groups in total. The van der Waals surface area contributed by atoms with Gasteiger partial charge in [-0.3, -0.25) is 9.36 Å². The summed E-state index contributed by atoms with van der Waals surface area (Å²) in [6.07, 6.45) is 5.22. The first-order valence-corrected chi connectivity index (χ1v) is 7.44. The van der Waals surface area contributed by atoms with Crippen LogP contribution in [0, 0.1) is 5.82 Å². The van der Waals surface area contributed by atoms with Crippen molar-refractivity contribution < 1.29 is 9.18 Å². The lowest BCUT2D eigenvalue weighted by Gasteiger charge is -2.32. The number of halogens is 1. The molecule has 0 aliphatic carbocycles. The van der Waals surface area contributed by atoms with Crippen molar-refractivity contribution in [2.75, 3.05) is 20.1 Å². The Balaban J connectivity index is 1.85. The Hall–Kier alpha value is -2.21. The monoisotopic (exact) mass is 302 g/mol. The van der Waals surface area contributed by atoms with E-state index in [-0.39, 0.29) is 11.7 Å². The molecule has 0 spiro atoms. The number of imidazole rings is 1. The van der Waals surface area contributed by atoms with Gasteiger partial charge in [-0.1, -0.05) is 0 Å². The molecule has 0 saturated carbocycles. The van der Waals surface area contributed by atoms with Crippen LogP contribution in [0.1, 0.15) is 23.3 Å². The second kappa shape index (κ2) is 6.27. The van der Waals surface area contributed by atoms with Gasteiger partial charge in [-0.2, -0.15) is 0 Å². The van der Waals surface area contributed by atoms with Gasteiger partial charge < -0.3 is 10.2 Å². The van der Waals surface area contributed by atoms with Crippen molar-refractivity contribution in [2.45, 2.75) is 18.9 Å². The molecule has 3 rings (SSSR count). The second-order valence-corrected chi connectivity index (χ2v) is 5.50. The summed E-state index contributed by atoms with van der Waals surface area (Å²) in [5.74, 6) is -0.341. The molecule has 6 heteroatoms. The number of likely N-dealkylation sites (tertiary alicyclic amines) is 1. The summed E-state index contributed by atoms with van der Waals surface area (Å²) in [4.78, 5) is 18.7. The van der Waals surface area contributed by atoms with E-state index in [1.165, 1.54) is 12.1 Å². The summed E-state index contributed by atoms with van der Waals surface area (Å²) in [5.41, 5.74) is 1.23. The smallest absolute Gasteiger partial charge is 0.272 e. The van der Waals surface area contributed by atoms with Crippen molar-refractivity contribution >= 4 is 5.91 Å². The molecule has 1 atom stereocenters. The first kappa shape index (κ1) is 14.7. The van der Waals surface area contributed by atoms with Crippen LogP contribution in [-0.2, 0) is 0 Å². The molecule has 1 aliphatic heterocycles. The minimum atomic E-state index is -0.301. The predicted octanol–water partition coefficient (Wildman–Crippen LogP) is 1.84. The van der Waals surface area contributed by atoms with Gasteiger partial charge >= 0.3 is 0 Å². The van der Waals surface area contributed by atoms with Crippen molar-refractivity contribution in [3.63, 3.8) is 0 Å². The van der Waals surface area contributed by atoms with Gasteiger partial charge in [-0.25, -0.2) is 9.37 Å². The molecule has 1 aliphatic rings. The number of rotatable bonds is 3. The van der Waals surface area contributed by atoms with Gasteiger partial charge in [0.25, 0.3) is 5.91 Å². The number of aromatic nitrogens is 2. The number of likely N-dealkylation sites (N-methyl/N-ethyl adjacent to an activating group) is 1. The number of nitrogens with zero attached hydrogens (tertiary/aromatic N) is 3. The van der Waals surface area contributed by atoms with Crippen molar-refractivity contribution in [3.8, 4) is 5.69 Å². The Kier molecular flexibility index (Phi) is 4.20. The summed E-state index contributed by atoms with van der Waals surface area (Å²) in [6, 6.07) is 6.36. The lowest BCUT2D eigenvalue weighted by atomic mass is 10.1. The number of hydrogen-bond donors (Lipinski definition) is 1. The van der Waals surface area contributed by atoms with Crippen molar-refractivity contribution in [1.82, 2.24) is 19.8 Å². The maximum Gasteiger partial charge on any atom is 0.272 e. The Morgan fingerprint density at radius 1 is 1.36 bits per heavy atom. The summed E-state index contributed by atoms with van der Waals surface area (Å²) in [7, 11) is 1.92. The number of carbonyl (C=O) groups is 1. The van der Waals surface area contributed by atoms with Gasteiger partial charge in [0, 0.05) is 24.8 Å². The van der Waals surface area contributed by atoms with Crippen LogP contribution in [0.4, 0.5) is 4.39 Å². The number of nitrogens with one attached hydrogen (secondary N) is 1. The predicted molar refractivity (Wildman–Crippen MR) is 81.5 cm³/mol.